The second kappa shape index (κ2) is 6.73. The van der Waals surface area contributed by atoms with E-state index in [1.165, 1.54) is 23.9 Å². The van der Waals surface area contributed by atoms with Crippen LogP contribution in [0.25, 0.3) is 5.69 Å². The molecule has 27 heavy (non-hydrogen) atoms. The van der Waals surface area contributed by atoms with Gasteiger partial charge in [0.15, 0.2) is 5.16 Å². The summed E-state index contributed by atoms with van der Waals surface area (Å²) >= 11 is 1.50. The number of rotatable bonds is 4. The number of thioether (sulfide) groups is 1. The number of imide groups is 1. The largest absolute Gasteiger partial charge is 0.363 e. The Labute approximate surface area is 158 Å². The van der Waals surface area contributed by atoms with Crippen LogP contribution in [0, 0.1) is 0 Å². The summed E-state index contributed by atoms with van der Waals surface area (Å²) in [6, 6.07) is 12.9. The zero-order valence-electron chi connectivity index (χ0n) is 14.2. The summed E-state index contributed by atoms with van der Waals surface area (Å²) in [7, 11) is 0. The maximum Gasteiger partial charge on any atom is 0.363 e. The molecule has 0 fully saturated rings. The number of hydrogen-bond acceptors (Lipinski definition) is 6. The van der Waals surface area contributed by atoms with E-state index in [0.29, 0.717) is 5.06 Å². The molecule has 3 aromatic rings. The molecule has 0 N–H and O–H groups in total. The molecule has 4 rings (SSSR count). The Morgan fingerprint density at radius 1 is 1.00 bits per heavy atom. The molecule has 0 saturated carbocycles. The standard InChI is InChI=1S/C19H13N3O4S/c1-27-19-20-10-11-21(19)13-8-6-12(7-9-13)18(25)26-22-16(23)14-4-2-3-5-15(14)17(22)24/h2-11H,1H3. The quantitative estimate of drug-likeness (QED) is 0.512. The van der Waals surface area contributed by atoms with Crippen LogP contribution in [0.15, 0.2) is 66.1 Å². The Balaban J connectivity index is 1.53. The number of carbonyl (C=O) groups is 3. The van der Waals surface area contributed by atoms with Gasteiger partial charge in [0.05, 0.1) is 16.7 Å². The zero-order valence-corrected chi connectivity index (χ0v) is 15.0. The first-order valence-corrected chi connectivity index (χ1v) is 9.20. The van der Waals surface area contributed by atoms with Crippen molar-refractivity contribution in [3.8, 4) is 5.69 Å². The lowest BCUT2D eigenvalue weighted by Crippen LogP contribution is -2.32. The first kappa shape index (κ1) is 17.0. The number of aromatic nitrogens is 2. The minimum absolute atomic E-state index is 0.218. The lowest BCUT2D eigenvalue weighted by Gasteiger charge is -2.13. The minimum Gasteiger partial charge on any atom is -0.324 e. The third kappa shape index (κ3) is 2.89. The molecule has 1 aliphatic heterocycles. The predicted molar refractivity (Wildman–Crippen MR) is 97.7 cm³/mol. The average Bonchev–Trinajstić information content (AvgIpc) is 3.27. The highest BCUT2D eigenvalue weighted by molar-refractivity contribution is 7.98. The number of amides is 2. The van der Waals surface area contributed by atoms with Gasteiger partial charge >= 0.3 is 5.97 Å². The molecule has 0 aliphatic carbocycles. The van der Waals surface area contributed by atoms with Crippen LogP contribution in [-0.2, 0) is 4.84 Å². The fourth-order valence-electron chi connectivity index (χ4n) is 2.78. The second-order valence-electron chi connectivity index (χ2n) is 5.66. The summed E-state index contributed by atoms with van der Waals surface area (Å²) in [5.74, 6) is -2.08. The molecular formula is C19H13N3O4S. The topological polar surface area (TPSA) is 81.5 Å². The lowest BCUT2D eigenvalue weighted by atomic mass is 10.1. The molecular weight excluding hydrogens is 366 g/mol. The number of nitrogens with zero attached hydrogens (tertiary/aromatic N) is 3. The lowest BCUT2D eigenvalue weighted by molar-refractivity contribution is -0.0584. The summed E-state index contributed by atoms with van der Waals surface area (Å²) in [5.41, 5.74) is 1.49. The molecule has 1 aliphatic rings. The van der Waals surface area contributed by atoms with Crippen LogP contribution in [0.2, 0.25) is 0 Å². The molecule has 0 radical (unpaired) electrons. The Morgan fingerprint density at radius 2 is 1.63 bits per heavy atom. The van der Waals surface area contributed by atoms with E-state index >= 15 is 0 Å². The number of imidazole rings is 1. The van der Waals surface area contributed by atoms with Crippen LogP contribution in [0.5, 0.6) is 0 Å². The van der Waals surface area contributed by atoms with Gasteiger partial charge in [0.1, 0.15) is 0 Å². The van der Waals surface area contributed by atoms with E-state index in [2.05, 4.69) is 4.98 Å². The smallest absolute Gasteiger partial charge is 0.324 e. The Hall–Kier alpha value is -3.39. The Bertz CT molecular complexity index is 1020. The van der Waals surface area contributed by atoms with Gasteiger partial charge in [0.25, 0.3) is 11.8 Å². The van der Waals surface area contributed by atoms with Crippen molar-refractivity contribution in [2.45, 2.75) is 5.16 Å². The van der Waals surface area contributed by atoms with Crippen molar-refractivity contribution >= 4 is 29.5 Å². The zero-order chi connectivity index (χ0) is 19.0. The average molecular weight is 379 g/mol. The van der Waals surface area contributed by atoms with Gasteiger partial charge in [0.2, 0.25) is 0 Å². The summed E-state index contributed by atoms with van der Waals surface area (Å²) in [6.07, 6.45) is 5.43. The van der Waals surface area contributed by atoms with Crippen LogP contribution in [0.1, 0.15) is 31.1 Å². The fourth-order valence-corrected chi connectivity index (χ4v) is 3.31. The normalized spacial score (nSPS) is 13.0. The Kier molecular flexibility index (Phi) is 4.25. The molecule has 1 aromatic heterocycles. The Morgan fingerprint density at radius 3 is 2.22 bits per heavy atom. The minimum atomic E-state index is -0.785. The summed E-state index contributed by atoms with van der Waals surface area (Å²) < 4.78 is 1.88. The van der Waals surface area contributed by atoms with Crippen LogP contribution in [-0.4, -0.2) is 38.7 Å². The van der Waals surface area contributed by atoms with Crippen molar-refractivity contribution in [2.24, 2.45) is 0 Å². The van der Waals surface area contributed by atoms with Gasteiger partial charge in [0, 0.05) is 18.1 Å². The van der Waals surface area contributed by atoms with Crippen molar-refractivity contribution < 1.29 is 19.2 Å². The van der Waals surface area contributed by atoms with Crippen molar-refractivity contribution in [1.82, 2.24) is 14.6 Å². The predicted octanol–water partition coefficient (Wildman–Crippen LogP) is 2.96. The van der Waals surface area contributed by atoms with Crippen molar-refractivity contribution in [2.75, 3.05) is 6.26 Å². The van der Waals surface area contributed by atoms with Gasteiger partial charge in [-0.2, -0.15) is 0 Å². The molecule has 0 saturated heterocycles. The molecule has 8 heteroatoms. The summed E-state index contributed by atoms with van der Waals surface area (Å²) in [5, 5.41) is 1.32. The van der Waals surface area contributed by atoms with E-state index in [-0.39, 0.29) is 16.7 Å². The van der Waals surface area contributed by atoms with Gasteiger partial charge in [-0.25, -0.2) is 9.78 Å². The van der Waals surface area contributed by atoms with Crippen molar-refractivity contribution in [3.63, 3.8) is 0 Å². The van der Waals surface area contributed by atoms with Crippen LogP contribution < -0.4 is 0 Å². The van der Waals surface area contributed by atoms with Crippen molar-refractivity contribution in [1.29, 1.82) is 0 Å². The van der Waals surface area contributed by atoms with Crippen LogP contribution in [0.4, 0.5) is 0 Å². The molecule has 0 spiro atoms. The molecule has 0 atom stereocenters. The maximum absolute atomic E-state index is 12.4. The highest BCUT2D eigenvalue weighted by atomic mass is 32.2. The van der Waals surface area contributed by atoms with E-state index in [0.717, 1.165) is 10.8 Å². The van der Waals surface area contributed by atoms with Crippen LogP contribution in [0.3, 0.4) is 0 Å². The maximum atomic E-state index is 12.4. The van der Waals surface area contributed by atoms with E-state index in [4.69, 9.17) is 4.84 Å². The number of hydroxylamine groups is 2. The number of benzene rings is 2. The highest BCUT2D eigenvalue weighted by Crippen LogP contribution is 2.24. The summed E-state index contributed by atoms with van der Waals surface area (Å²) in [6.45, 7) is 0. The molecule has 2 amide bonds. The third-order valence-electron chi connectivity index (χ3n) is 4.10. The van der Waals surface area contributed by atoms with E-state index in [1.807, 2.05) is 17.0 Å². The van der Waals surface area contributed by atoms with E-state index in [1.54, 1.807) is 42.6 Å². The third-order valence-corrected chi connectivity index (χ3v) is 4.77. The molecule has 0 unspecified atom stereocenters. The molecule has 7 nitrogen and oxygen atoms in total. The van der Waals surface area contributed by atoms with Gasteiger partial charge in [-0.05, 0) is 42.7 Å². The first-order chi connectivity index (χ1) is 13.1. The number of hydrogen-bond donors (Lipinski definition) is 0. The molecule has 0 bridgehead atoms. The van der Waals surface area contributed by atoms with Gasteiger partial charge < -0.3 is 4.84 Å². The first-order valence-electron chi connectivity index (χ1n) is 7.98. The van der Waals surface area contributed by atoms with Gasteiger partial charge in [-0.1, -0.05) is 29.0 Å². The fraction of sp³-hybridized carbons (Fsp3) is 0.0526. The SMILES string of the molecule is CSc1nccn1-c1ccc(C(=O)ON2C(=O)c3ccccc3C2=O)cc1. The summed E-state index contributed by atoms with van der Waals surface area (Å²) in [4.78, 5) is 46.2. The van der Waals surface area contributed by atoms with E-state index < -0.39 is 17.8 Å². The second-order valence-corrected chi connectivity index (χ2v) is 6.43. The molecule has 2 heterocycles. The highest BCUT2D eigenvalue weighted by Gasteiger charge is 2.38. The van der Waals surface area contributed by atoms with E-state index in [9.17, 15) is 14.4 Å². The van der Waals surface area contributed by atoms with Gasteiger partial charge in [-0.3, -0.25) is 14.2 Å². The van der Waals surface area contributed by atoms with Crippen molar-refractivity contribution in [3.05, 3.63) is 77.6 Å². The van der Waals surface area contributed by atoms with Crippen LogP contribution >= 0.6 is 11.8 Å². The number of fused-ring (bicyclic) bond motifs is 1. The number of carbonyl (C=O) groups excluding carboxylic acids is 3. The monoisotopic (exact) mass is 379 g/mol. The molecule has 134 valence electrons. The molecule has 2 aromatic carbocycles. The van der Waals surface area contributed by atoms with Gasteiger partial charge in [-0.15, -0.1) is 0 Å².